The van der Waals surface area contributed by atoms with Gasteiger partial charge in [-0.25, -0.2) is 19.6 Å². The van der Waals surface area contributed by atoms with Gasteiger partial charge in [0.2, 0.25) is 0 Å². The molecule has 2 aliphatic rings. The SMILES string of the molecule is Cc1cn([C@@H]2O[C@@]3(CO)CO[C@@H]2[C@@H]3O[P+](O)(O)[S-])c(=O)nc1[O-]. The van der Waals surface area contributed by atoms with E-state index in [4.69, 9.17) is 14.0 Å². The first kappa shape index (κ1) is 17.1. The summed E-state index contributed by atoms with van der Waals surface area (Å²) in [6.45, 7) is 0.878. The molecule has 2 fully saturated rings. The predicted octanol–water partition coefficient (Wildman–Crippen LogP) is -2.12. The van der Waals surface area contributed by atoms with Crippen LogP contribution < -0.4 is 10.8 Å². The molecule has 10 nitrogen and oxygen atoms in total. The molecule has 2 saturated heterocycles. The Morgan fingerprint density at radius 2 is 2.35 bits per heavy atom. The lowest BCUT2D eigenvalue weighted by Gasteiger charge is -2.30. The molecule has 0 spiro atoms. The maximum Gasteiger partial charge on any atom is 0.349 e. The normalized spacial score (nSPS) is 33.3. The Morgan fingerprint density at radius 1 is 1.65 bits per heavy atom. The second kappa shape index (κ2) is 5.64. The van der Waals surface area contributed by atoms with Crippen LogP contribution in [0.2, 0.25) is 0 Å². The van der Waals surface area contributed by atoms with Crippen molar-refractivity contribution in [2.24, 2.45) is 0 Å². The summed E-state index contributed by atoms with van der Waals surface area (Å²) < 4.78 is 17.3. The Balaban J connectivity index is 1.98. The Hall–Kier alpha value is -0.780. The van der Waals surface area contributed by atoms with Crippen LogP contribution in [0.1, 0.15) is 11.8 Å². The van der Waals surface area contributed by atoms with Crippen LogP contribution in [-0.2, 0) is 26.2 Å². The first-order valence-corrected chi connectivity index (χ1v) is 9.20. The maximum absolute atomic E-state index is 11.9. The molecule has 128 valence electrons. The van der Waals surface area contributed by atoms with E-state index in [2.05, 4.69) is 17.2 Å². The van der Waals surface area contributed by atoms with Crippen LogP contribution in [0, 0.1) is 6.92 Å². The van der Waals surface area contributed by atoms with E-state index in [1.54, 1.807) is 0 Å². The molecule has 23 heavy (non-hydrogen) atoms. The number of rotatable bonds is 4. The summed E-state index contributed by atoms with van der Waals surface area (Å²) in [4.78, 5) is 34.1. The Bertz CT molecular complexity index is 679. The lowest BCUT2D eigenvalue weighted by Crippen LogP contribution is -2.45. The number of nitrogens with zero attached hydrogens (tertiary/aromatic N) is 2. The second-order valence-electron chi connectivity index (χ2n) is 5.44. The number of hydrogen-bond acceptors (Lipinski definition) is 10. The fourth-order valence-electron chi connectivity index (χ4n) is 2.77. The third-order valence-corrected chi connectivity index (χ3v) is 4.61. The molecular weight excluding hydrogens is 351 g/mol. The van der Waals surface area contributed by atoms with Crippen LogP contribution in [0.15, 0.2) is 11.0 Å². The van der Waals surface area contributed by atoms with Gasteiger partial charge in [0, 0.05) is 6.20 Å². The highest BCUT2D eigenvalue weighted by Gasteiger charge is 2.65. The highest BCUT2D eigenvalue weighted by Crippen LogP contribution is 2.56. The first-order valence-electron chi connectivity index (χ1n) is 6.58. The van der Waals surface area contributed by atoms with Gasteiger partial charge in [-0.05, 0) is 18.4 Å². The monoisotopic (exact) mass is 365 g/mol. The second-order valence-corrected chi connectivity index (χ2v) is 8.06. The zero-order valence-corrected chi connectivity index (χ0v) is 13.6. The molecule has 3 N–H and O–H groups in total. The summed E-state index contributed by atoms with van der Waals surface area (Å²) in [6, 6.07) is 0. The van der Waals surface area contributed by atoms with Gasteiger partial charge in [-0.3, -0.25) is 4.57 Å². The largest absolute Gasteiger partial charge is 0.858 e. The van der Waals surface area contributed by atoms with Crippen LogP contribution in [0.25, 0.3) is 0 Å². The molecule has 2 bridgehead atoms. The number of aliphatic hydroxyl groups is 1. The summed E-state index contributed by atoms with van der Waals surface area (Å²) in [5, 5.41) is 21.0. The Kier molecular flexibility index (Phi) is 4.18. The number of hydrogen-bond donors (Lipinski definition) is 3. The number of fused-ring (bicyclic) bond motifs is 2. The van der Waals surface area contributed by atoms with Crippen molar-refractivity contribution in [3.8, 4) is 5.88 Å². The highest BCUT2D eigenvalue weighted by atomic mass is 32.7. The molecule has 12 heteroatoms. The van der Waals surface area contributed by atoms with Crippen molar-refractivity contribution in [3.05, 3.63) is 22.2 Å². The summed E-state index contributed by atoms with van der Waals surface area (Å²) in [5.41, 5.74) is -2.00. The van der Waals surface area contributed by atoms with E-state index in [1.807, 2.05) is 0 Å². The standard InChI is InChI=1S/C11H15N2O8PS/c1-5-2-13(10(16)12-8(5)15)9-6-7(21-22(17,18)23)11(3-14,20-9)4-19-6/h2,6-7,9,14H,3-4H2,1H3,(H,12,15,16)(H2,17,18,23)/p-1/t6-,7+,9-,11+/m1/s1. The molecule has 1 aromatic rings. The minimum atomic E-state index is -4.04. The molecule has 4 atom stereocenters. The molecule has 3 rings (SSSR count). The Labute approximate surface area is 136 Å². The van der Waals surface area contributed by atoms with E-state index >= 15 is 0 Å². The maximum atomic E-state index is 11.9. The van der Waals surface area contributed by atoms with Crippen LogP contribution >= 0.6 is 7.15 Å². The minimum absolute atomic E-state index is 0.0640. The Morgan fingerprint density at radius 3 is 2.96 bits per heavy atom. The molecule has 3 heterocycles. The van der Waals surface area contributed by atoms with Gasteiger partial charge in [0.15, 0.2) is 17.9 Å². The van der Waals surface area contributed by atoms with Crippen molar-refractivity contribution in [2.75, 3.05) is 13.2 Å². The van der Waals surface area contributed by atoms with Crippen LogP contribution in [-0.4, -0.2) is 55.5 Å². The lowest BCUT2D eigenvalue weighted by atomic mass is 10.0. The predicted molar refractivity (Wildman–Crippen MR) is 76.0 cm³/mol. The smallest absolute Gasteiger partial charge is 0.349 e. The molecular formula is C11H14N2O8PS-. The van der Waals surface area contributed by atoms with E-state index in [1.165, 1.54) is 13.1 Å². The van der Waals surface area contributed by atoms with E-state index in [0.717, 1.165) is 4.57 Å². The molecule has 0 radical (unpaired) electrons. The number of aryl methyl sites for hydroxylation is 1. The van der Waals surface area contributed by atoms with Crippen LogP contribution in [0.3, 0.4) is 0 Å². The summed E-state index contributed by atoms with van der Waals surface area (Å²) >= 11 is 4.46. The van der Waals surface area contributed by atoms with Gasteiger partial charge in [-0.15, -0.1) is 0 Å². The molecule has 0 amide bonds. The van der Waals surface area contributed by atoms with Gasteiger partial charge < -0.3 is 31.9 Å². The fraction of sp³-hybridized carbons (Fsp3) is 0.636. The van der Waals surface area contributed by atoms with Gasteiger partial charge in [0.05, 0.1) is 13.2 Å². The molecule has 2 aliphatic heterocycles. The van der Waals surface area contributed by atoms with Gasteiger partial charge in [-0.1, -0.05) is 0 Å². The molecule has 0 aliphatic carbocycles. The first-order chi connectivity index (χ1) is 10.7. The average molecular weight is 365 g/mol. The van der Waals surface area contributed by atoms with Crippen molar-refractivity contribution in [3.63, 3.8) is 0 Å². The van der Waals surface area contributed by atoms with Crippen molar-refractivity contribution in [2.45, 2.75) is 31.0 Å². The number of aromatic nitrogens is 2. The van der Waals surface area contributed by atoms with E-state index in [9.17, 15) is 24.8 Å². The van der Waals surface area contributed by atoms with Crippen molar-refractivity contribution in [1.29, 1.82) is 0 Å². The van der Waals surface area contributed by atoms with Gasteiger partial charge in [0.1, 0.15) is 6.10 Å². The molecule has 1 aromatic heterocycles. The third-order valence-electron chi connectivity index (χ3n) is 3.85. The summed E-state index contributed by atoms with van der Waals surface area (Å²) in [6.07, 6.45) is -1.76. The van der Waals surface area contributed by atoms with Gasteiger partial charge in [0.25, 0.3) is 7.15 Å². The molecule has 0 unspecified atom stereocenters. The lowest BCUT2D eigenvalue weighted by molar-refractivity contribution is -0.276. The number of aliphatic hydroxyl groups excluding tert-OH is 1. The van der Waals surface area contributed by atoms with E-state index in [-0.39, 0.29) is 12.2 Å². The van der Waals surface area contributed by atoms with Gasteiger partial charge >= 0.3 is 5.69 Å². The average Bonchev–Trinajstić information content (AvgIpc) is 2.93. The topological polar surface area (TPSA) is 146 Å². The molecule has 0 aromatic carbocycles. The highest BCUT2D eigenvalue weighted by molar-refractivity contribution is 8.35. The van der Waals surface area contributed by atoms with Gasteiger partial charge in [-0.2, -0.15) is 4.52 Å². The summed E-state index contributed by atoms with van der Waals surface area (Å²) in [7, 11) is -4.04. The minimum Gasteiger partial charge on any atom is -0.858 e. The van der Waals surface area contributed by atoms with E-state index < -0.39 is 49.4 Å². The van der Waals surface area contributed by atoms with Crippen molar-refractivity contribution >= 4 is 19.4 Å². The third kappa shape index (κ3) is 2.87. The number of ether oxygens (including phenoxy) is 2. The quantitative estimate of drug-likeness (QED) is 0.400. The van der Waals surface area contributed by atoms with Crippen LogP contribution in [0.5, 0.6) is 5.88 Å². The fourth-order valence-corrected chi connectivity index (χ4v) is 3.66. The van der Waals surface area contributed by atoms with Crippen molar-refractivity contribution in [1.82, 2.24) is 9.55 Å². The molecule has 0 saturated carbocycles. The van der Waals surface area contributed by atoms with Crippen LogP contribution in [0.4, 0.5) is 0 Å². The van der Waals surface area contributed by atoms with Crippen molar-refractivity contribution < 1.29 is 34.0 Å². The zero-order valence-electron chi connectivity index (χ0n) is 11.9. The zero-order chi connectivity index (χ0) is 17.0. The summed E-state index contributed by atoms with van der Waals surface area (Å²) in [5.74, 6) is -0.652. The van der Waals surface area contributed by atoms with E-state index in [0.29, 0.717) is 0 Å².